The van der Waals surface area contributed by atoms with Crippen molar-refractivity contribution in [2.75, 3.05) is 33.9 Å². The second kappa shape index (κ2) is 7.17. The lowest BCUT2D eigenvalue weighted by Gasteiger charge is -2.27. The minimum atomic E-state index is -0.125. The molecule has 0 amide bonds. The summed E-state index contributed by atoms with van der Waals surface area (Å²) >= 11 is 0. The Bertz CT molecular complexity index is 162. The first-order valence-electron chi connectivity index (χ1n) is 5.72. The zero-order valence-electron chi connectivity index (χ0n) is 9.82. The van der Waals surface area contributed by atoms with Crippen LogP contribution >= 0.6 is 0 Å². The highest BCUT2D eigenvalue weighted by Gasteiger charge is 2.26. The quantitative estimate of drug-likeness (QED) is 0.642. The Labute approximate surface area is 92.2 Å². The summed E-state index contributed by atoms with van der Waals surface area (Å²) in [6.45, 7) is 2.25. The second-order valence-corrected chi connectivity index (χ2v) is 4.06. The van der Waals surface area contributed by atoms with Crippen LogP contribution in [0.25, 0.3) is 0 Å². The molecule has 4 heteroatoms. The molecule has 1 aliphatic heterocycles. The van der Waals surface area contributed by atoms with Crippen molar-refractivity contribution in [3.8, 4) is 0 Å². The molecule has 1 unspecified atom stereocenters. The van der Waals surface area contributed by atoms with Gasteiger partial charge in [0.1, 0.15) is 0 Å². The first kappa shape index (κ1) is 12.9. The van der Waals surface area contributed by atoms with Crippen LogP contribution in [0.4, 0.5) is 0 Å². The minimum Gasteiger partial charge on any atom is -0.396 e. The molecule has 90 valence electrons. The highest BCUT2D eigenvalue weighted by molar-refractivity contribution is 4.79. The Morgan fingerprint density at radius 1 is 1.40 bits per heavy atom. The number of methoxy groups -OCH3 is 2. The third-order valence-corrected chi connectivity index (χ3v) is 3.10. The minimum absolute atomic E-state index is 0.125. The molecule has 1 rings (SSSR count). The molecule has 1 aliphatic rings. The van der Waals surface area contributed by atoms with Gasteiger partial charge in [0, 0.05) is 33.4 Å². The van der Waals surface area contributed by atoms with Crippen molar-refractivity contribution in [3.63, 3.8) is 0 Å². The summed E-state index contributed by atoms with van der Waals surface area (Å²) in [6, 6.07) is 0.602. The number of ether oxygens (including phenoxy) is 2. The van der Waals surface area contributed by atoms with Gasteiger partial charge in [-0.3, -0.25) is 4.90 Å². The molecule has 0 spiro atoms. The summed E-state index contributed by atoms with van der Waals surface area (Å²) < 4.78 is 10.4. The first-order chi connectivity index (χ1) is 7.31. The van der Waals surface area contributed by atoms with E-state index in [2.05, 4.69) is 4.90 Å². The average Bonchev–Trinajstić information content (AvgIpc) is 2.70. The maximum Gasteiger partial charge on any atom is 0.169 e. The summed E-state index contributed by atoms with van der Waals surface area (Å²) in [4.78, 5) is 2.41. The van der Waals surface area contributed by atoms with Crippen molar-refractivity contribution in [3.05, 3.63) is 0 Å². The van der Waals surface area contributed by atoms with Gasteiger partial charge in [-0.25, -0.2) is 0 Å². The number of hydrogen-bond acceptors (Lipinski definition) is 4. The predicted octanol–water partition coefficient (Wildman–Crippen LogP) is 0.842. The normalized spacial score (nSPS) is 22.8. The van der Waals surface area contributed by atoms with Crippen LogP contribution in [0, 0.1) is 0 Å². The van der Waals surface area contributed by atoms with E-state index < -0.39 is 0 Å². The highest BCUT2D eigenvalue weighted by Crippen LogP contribution is 2.21. The van der Waals surface area contributed by atoms with Gasteiger partial charge in [-0.2, -0.15) is 0 Å². The van der Waals surface area contributed by atoms with E-state index >= 15 is 0 Å². The van der Waals surface area contributed by atoms with Crippen molar-refractivity contribution in [1.29, 1.82) is 0 Å². The summed E-state index contributed by atoms with van der Waals surface area (Å²) in [5.74, 6) is 0. The van der Waals surface area contributed by atoms with E-state index in [1.165, 1.54) is 12.8 Å². The van der Waals surface area contributed by atoms with Gasteiger partial charge in [-0.1, -0.05) is 0 Å². The maximum absolute atomic E-state index is 8.82. The van der Waals surface area contributed by atoms with E-state index in [0.29, 0.717) is 12.6 Å². The summed E-state index contributed by atoms with van der Waals surface area (Å²) in [5.41, 5.74) is 0. The van der Waals surface area contributed by atoms with Crippen molar-refractivity contribution < 1.29 is 14.6 Å². The molecule has 1 atom stereocenters. The van der Waals surface area contributed by atoms with Gasteiger partial charge < -0.3 is 14.6 Å². The zero-order valence-corrected chi connectivity index (χ0v) is 9.82. The third kappa shape index (κ3) is 4.07. The Morgan fingerprint density at radius 3 is 2.73 bits per heavy atom. The second-order valence-electron chi connectivity index (χ2n) is 4.06. The average molecular weight is 217 g/mol. The molecule has 0 saturated carbocycles. The third-order valence-electron chi connectivity index (χ3n) is 3.10. The molecule has 1 heterocycles. The predicted molar refractivity (Wildman–Crippen MR) is 58.7 cm³/mol. The molecule has 1 fully saturated rings. The van der Waals surface area contributed by atoms with Crippen LogP contribution in [0.15, 0.2) is 0 Å². The van der Waals surface area contributed by atoms with Crippen LogP contribution in [-0.4, -0.2) is 56.3 Å². The van der Waals surface area contributed by atoms with Gasteiger partial charge in [0.2, 0.25) is 0 Å². The lowest BCUT2D eigenvalue weighted by Crippen LogP contribution is -2.37. The molecule has 1 N–H and O–H groups in total. The Morgan fingerprint density at radius 2 is 2.13 bits per heavy atom. The largest absolute Gasteiger partial charge is 0.396 e. The number of hydrogen-bond donors (Lipinski definition) is 1. The SMILES string of the molecule is COC(CN1CCCC1CCCO)OC. The van der Waals surface area contributed by atoms with Crippen molar-refractivity contribution in [2.24, 2.45) is 0 Å². The molecule has 0 aromatic carbocycles. The molecule has 1 saturated heterocycles. The number of likely N-dealkylation sites (tertiary alicyclic amines) is 1. The molecule has 0 radical (unpaired) electrons. The number of aliphatic hydroxyl groups is 1. The topological polar surface area (TPSA) is 41.9 Å². The fourth-order valence-electron chi connectivity index (χ4n) is 2.23. The van der Waals surface area contributed by atoms with Crippen LogP contribution in [-0.2, 0) is 9.47 Å². The van der Waals surface area contributed by atoms with Gasteiger partial charge in [0.05, 0.1) is 0 Å². The van der Waals surface area contributed by atoms with Gasteiger partial charge in [-0.15, -0.1) is 0 Å². The molecular formula is C11H23NO3. The van der Waals surface area contributed by atoms with Crippen LogP contribution in [0.1, 0.15) is 25.7 Å². The first-order valence-corrected chi connectivity index (χ1v) is 5.72. The van der Waals surface area contributed by atoms with E-state index in [1.807, 2.05) is 0 Å². The fraction of sp³-hybridized carbons (Fsp3) is 1.00. The molecule has 0 aliphatic carbocycles. The van der Waals surface area contributed by atoms with E-state index in [-0.39, 0.29) is 6.29 Å². The van der Waals surface area contributed by atoms with Crippen LogP contribution in [0.3, 0.4) is 0 Å². The van der Waals surface area contributed by atoms with E-state index in [9.17, 15) is 0 Å². The van der Waals surface area contributed by atoms with E-state index in [4.69, 9.17) is 14.6 Å². The van der Waals surface area contributed by atoms with Gasteiger partial charge in [0.25, 0.3) is 0 Å². The van der Waals surface area contributed by atoms with Crippen molar-refractivity contribution in [1.82, 2.24) is 4.90 Å². The summed E-state index contributed by atoms with van der Waals surface area (Å²) in [6.07, 6.45) is 4.33. The number of nitrogens with zero attached hydrogens (tertiary/aromatic N) is 1. The van der Waals surface area contributed by atoms with Crippen LogP contribution < -0.4 is 0 Å². The monoisotopic (exact) mass is 217 g/mol. The maximum atomic E-state index is 8.82. The van der Waals surface area contributed by atoms with Crippen LogP contribution in [0.2, 0.25) is 0 Å². The highest BCUT2D eigenvalue weighted by atomic mass is 16.7. The zero-order chi connectivity index (χ0) is 11.1. The Kier molecular flexibility index (Phi) is 6.17. The standard InChI is InChI=1S/C11H23NO3/c1-14-11(15-2)9-12-7-3-5-10(12)6-4-8-13/h10-11,13H,3-9H2,1-2H3. The summed E-state index contributed by atoms with van der Waals surface area (Å²) in [5, 5.41) is 8.82. The number of rotatable bonds is 7. The van der Waals surface area contributed by atoms with Gasteiger partial charge in [-0.05, 0) is 32.2 Å². The summed E-state index contributed by atoms with van der Waals surface area (Å²) in [7, 11) is 3.35. The van der Waals surface area contributed by atoms with Gasteiger partial charge in [0.15, 0.2) is 6.29 Å². The smallest absolute Gasteiger partial charge is 0.169 e. The molecular weight excluding hydrogens is 194 g/mol. The van der Waals surface area contributed by atoms with Crippen molar-refractivity contribution in [2.45, 2.75) is 38.0 Å². The van der Waals surface area contributed by atoms with E-state index in [1.54, 1.807) is 14.2 Å². The van der Waals surface area contributed by atoms with E-state index in [0.717, 1.165) is 25.9 Å². The molecule has 15 heavy (non-hydrogen) atoms. The molecule has 0 aromatic rings. The molecule has 0 bridgehead atoms. The van der Waals surface area contributed by atoms with Gasteiger partial charge >= 0.3 is 0 Å². The lowest BCUT2D eigenvalue weighted by molar-refractivity contribution is -0.117. The molecule has 0 aromatic heterocycles. The number of aliphatic hydroxyl groups excluding tert-OH is 1. The Hall–Kier alpha value is -0.160. The van der Waals surface area contributed by atoms with Crippen molar-refractivity contribution >= 4 is 0 Å². The Balaban J connectivity index is 2.31. The fourth-order valence-corrected chi connectivity index (χ4v) is 2.23. The molecule has 4 nitrogen and oxygen atoms in total. The van der Waals surface area contributed by atoms with Crippen LogP contribution in [0.5, 0.6) is 0 Å². The lowest BCUT2D eigenvalue weighted by atomic mass is 10.1.